The molecule has 1 aromatic rings. The highest BCUT2D eigenvalue weighted by atomic mass is 16.3. The number of phenols is 1. The number of phenolic OH excluding ortho intramolecular Hbond substituents is 1. The van der Waals surface area contributed by atoms with E-state index in [1.165, 1.54) is 19.3 Å². The summed E-state index contributed by atoms with van der Waals surface area (Å²) in [6.45, 7) is 6.52. The topological polar surface area (TPSA) is 23.5 Å². The predicted octanol–water partition coefficient (Wildman–Crippen LogP) is 3.25. The van der Waals surface area contributed by atoms with Crippen molar-refractivity contribution < 1.29 is 5.11 Å². The molecule has 88 valence electrons. The number of piperidine rings is 1. The lowest BCUT2D eigenvalue weighted by Gasteiger charge is -2.32. The standard InChI is InChI=1S/C14H21NO/c1-11-6-7-13(14(16)10-11)12(2)15-8-4-3-5-9-15/h6-7,10,12,16H,3-5,8-9H2,1-2H3. The Morgan fingerprint density at radius 3 is 2.50 bits per heavy atom. The van der Waals surface area contributed by atoms with Crippen molar-refractivity contribution in [3.8, 4) is 5.75 Å². The summed E-state index contributed by atoms with van der Waals surface area (Å²) in [7, 11) is 0. The van der Waals surface area contributed by atoms with Crippen LogP contribution >= 0.6 is 0 Å². The van der Waals surface area contributed by atoms with E-state index in [9.17, 15) is 5.11 Å². The van der Waals surface area contributed by atoms with Crippen molar-refractivity contribution in [3.63, 3.8) is 0 Å². The predicted molar refractivity (Wildman–Crippen MR) is 66.7 cm³/mol. The molecule has 1 aliphatic heterocycles. The summed E-state index contributed by atoms with van der Waals surface area (Å²) >= 11 is 0. The molecule has 0 bridgehead atoms. The first-order chi connectivity index (χ1) is 7.68. The highest BCUT2D eigenvalue weighted by Gasteiger charge is 2.20. The highest BCUT2D eigenvalue weighted by Crippen LogP contribution is 2.30. The SMILES string of the molecule is Cc1ccc(C(C)N2CCCCC2)c(O)c1. The van der Waals surface area contributed by atoms with Gasteiger partial charge in [0.05, 0.1) is 0 Å². The second-order valence-corrected chi connectivity index (χ2v) is 4.83. The van der Waals surface area contributed by atoms with Crippen LogP contribution in [0.25, 0.3) is 0 Å². The molecule has 1 unspecified atom stereocenters. The average molecular weight is 219 g/mol. The summed E-state index contributed by atoms with van der Waals surface area (Å²) in [5, 5.41) is 9.97. The van der Waals surface area contributed by atoms with Crippen LogP contribution in [0, 0.1) is 6.92 Å². The van der Waals surface area contributed by atoms with Crippen LogP contribution in [-0.4, -0.2) is 23.1 Å². The molecule has 1 N–H and O–H groups in total. The van der Waals surface area contributed by atoms with Crippen molar-refractivity contribution >= 4 is 0 Å². The molecule has 0 amide bonds. The highest BCUT2D eigenvalue weighted by molar-refractivity contribution is 5.37. The van der Waals surface area contributed by atoms with Crippen molar-refractivity contribution in [2.75, 3.05) is 13.1 Å². The number of aromatic hydroxyl groups is 1. The van der Waals surface area contributed by atoms with Crippen LogP contribution < -0.4 is 0 Å². The Kier molecular flexibility index (Phi) is 3.49. The van der Waals surface area contributed by atoms with Crippen molar-refractivity contribution in [2.45, 2.75) is 39.2 Å². The largest absolute Gasteiger partial charge is 0.508 e. The third-order valence-electron chi connectivity index (χ3n) is 3.57. The summed E-state index contributed by atoms with van der Waals surface area (Å²) in [4.78, 5) is 2.47. The molecule has 0 aliphatic carbocycles. The third kappa shape index (κ3) is 2.38. The quantitative estimate of drug-likeness (QED) is 0.825. The molecule has 2 nitrogen and oxygen atoms in total. The second kappa shape index (κ2) is 4.88. The summed E-state index contributed by atoms with van der Waals surface area (Å²) in [5.74, 6) is 0.443. The third-order valence-corrected chi connectivity index (χ3v) is 3.57. The van der Waals surface area contributed by atoms with Gasteiger partial charge in [0.25, 0.3) is 0 Å². The first-order valence-electron chi connectivity index (χ1n) is 6.22. The Labute approximate surface area is 97.9 Å². The minimum Gasteiger partial charge on any atom is -0.508 e. The molecule has 0 saturated carbocycles. The van der Waals surface area contributed by atoms with Crippen LogP contribution in [-0.2, 0) is 0 Å². The van der Waals surface area contributed by atoms with Gasteiger partial charge in [0, 0.05) is 11.6 Å². The van der Waals surface area contributed by atoms with Gasteiger partial charge < -0.3 is 5.11 Å². The van der Waals surface area contributed by atoms with Gasteiger partial charge in [0.1, 0.15) is 5.75 Å². The number of hydrogen-bond acceptors (Lipinski definition) is 2. The molecule has 1 heterocycles. The second-order valence-electron chi connectivity index (χ2n) is 4.83. The van der Waals surface area contributed by atoms with Gasteiger partial charge in [-0.1, -0.05) is 18.6 Å². The molecule has 1 aliphatic rings. The van der Waals surface area contributed by atoms with Crippen molar-refractivity contribution in [3.05, 3.63) is 29.3 Å². The number of likely N-dealkylation sites (tertiary alicyclic amines) is 1. The number of nitrogens with zero attached hydrogens (tertiary/aromatic N) is 1. The van der Waals surface area contributed by atoms with Crippen LogP contribution in [0.15, 0.2) is 18.2 Å². The molecule has 1 saturated heterocycles. The fourth-order valence-corrected chi connectivity index (χ4v) is 2.51. The van der Waals surface area contributed by atoms with Crippen LogP contribution in [0.1, 0.15) is 43.4 Å². The maximum absolute atomic E-state index is 9.97. The fourth-order valence-electron chi connectivity index (χ4n) is 2.51. The maximum atomic E-state index is 9.97. The van der Waals surface area contributed by atoms with E-state index in [0.717, 1.165) is 24.2 Å². The molecule has 1 aromatic carbocycles. The van der Waals surface area contributed by atoms with E-state index in [1.54, 1.807) is 0 Å². The van der Waals surface area contributed by atoms with Gasteiger partial charge in [-0.25, -0.2) is 0 Å². The van der Waals surface area contributed by atoms with Crippen LogP contribution in [0.2, 0.25) is 0 Å². The van der Waals surface area contributed by atoms with E-state index in [-0.39, 0.29) is 0 Å². The fraction of sp³-hybridized carbons (Fsp3) is 0.571. The zero-order valence-corrected chi connectivity index (χ0v) is 10.2. The average Bonchev–Trinajstić information content (AvgIpc) is 2.29. The molecule has 1 fully saturated rings. The molecule has 0 spiro atoms. The molecule has 2 heteroatoms. The first-order valence-corrected chi connectivity index (χ1v) is 6.22. The normalized spacial score (nSPS) is 19.6. The van der Waals surface area contributed by atoms with Gasteiger partial charge in [0.15, 0.2) is 0 Å². The Balaban J connectivity index is 2.15. The van der Waals surface area contributed by atoms with Crippen LogP contribution in [0.5, 0.6) is 5.75 Å². The lowest BCUT2D eigenvalue weighted by atomic mass is 10.0. The zero-order valence-electron chi connectivity index (χ0n) is 10.2. The summed E-state index contributed by atoms with van der Waals surface area (Å²) in [6.07, 6.45) is 3.93. The Hall–Kier alpha value is -1.02. The van der Waals surface area contributed by atoms with Crippen molar-refractivity contribution in [1.29, 1.82) is 0 Å². The molecular formula is C14H21NO. The molecule has 1 atom stereocenters. The van der Waals surface area contributed by atoms with Crippen molar-refractivity contribution in [2.24, 2.45) is 0 Å². The molecule has 0 radical (unpaired) electrons. The van der Waals surface area contributed by atoms with Crippen LogP contribution in [0.4, 0.5) is 0 Å². The van der Waals surface area contributed by atoms with E-state index in [4.69, 9.17) is 0 Å². The van der Waals surface area contributed by atoms with E-state index in [2.05, 4.69) is 24.0 Å². The molecule has 16 heavy (non-hydrogen) atoms. The lowest BCUT2D eigenvalue weighted by molar-refractivity contribution is 0.172. The number of benzene rings is 1. The molecular weight excluding hydrogens is 198 g/mol. The van der Waals surface area contributed by atoms with E-state index in [1.807, 2.05) is 13.0 Å². The maximum Gasteiger partial charge on any atom is 0.120 e. The first kappa shape index (κ1) is 11.5. The minimum atomic E-state index is 0.334. The Morgan fingerprint density at radius 2 is 1.88 bits per heavy atom. The van der Waals surface area contributed by atoms with Gasteiger partial charge >= 0.3 is 0 Å². The van der Waals surface area contributed by atoms with Crippen molar-refractivity contribution in [1.82, 2.24) is 4.90 Å². The smallest absolute Gasteiger partial charge is 0.120 e. The lowest BCUT2D eigenvalue weighted by Crippen LogP contribution is -2.32. The molecule has 0 aromatic heterocycles. The van der Waals surface area contributed by atoms with Gasteiger partial charge in [-0.2, -0.15) is 0 Å². The Bertz CT molecular complexity index is 356. The molecule has 2 rings (SSSR count). The van der Waals surface area contributed by atoms with Gasteiger partial charge in [-0.05, 0) is 51.4 Å². The summed E-state index contributed by atoms with van der Waals surface area (Å²) < 4.78 is 0. The number of aryl methyl sites for hydroxylation is 1. The van der Waals surface area contributed by atoms with Gasteiger partial charge in [-0.3, -0.25) is 4.90 Å². The van der Waals surface area contributed by atoms with E-state index < -0.39 is 0 Å². The zero-order chi connectivity index (χ0) is 11.5. The number of rotatable bonds is 2. The summed E-state index contributed by atoms with van der Waals surface area (Å²) in [5.41, 5.74) is 2.18. The van der Waals surface area contributed by atoms with E-state index >= 15 is 0 Å². The monoisotopic (exact) mass is 219 g/mol. The Morgan fingerprint density at radius 1 is 1.19 bits per heavy atom. The summed E-state index contributed by atoms with van der Waals surface area (Å²) in [6, 6.07) is 6.33. The number of hydrogen-bond donors (Lipinski definition) is 1. The van der Waals surface area contributed by atoms with E-state index in [0.29, 0.717) is 11.8 Å². The van der Waals surface area contributed by atoms with Crippen LogP contribution in [0.3, 0.4) is 0 Å². The van der Waals surface area contributed by atoms with Gasteiger partial charge in [0.2, 0.25) is 0 Å². The van der Waals surface area contributed by atoms with Gasteiger partial charge in [-0.15, -0.1) is 0 Å². The minimum absolute atomic E-state index is 0.334.